The summed E-state index contributed by atoms with van der Waals surface area (Å²) >= 11 is 0. The predicted octanol–water partition coefficient (Wildman–Crippen LogP) is 10.8. The van der Waals surface area contributed by atoms with E-state index < -0.39 is 0 Å². The molecule has 0 aliphatic heterocycles. The van der Waals surface area contributed by atoms with Gasteiger partial charge in [0, 0.05) is 0 Å². The fourth-order valence-corrected chi connectivity index (χ4v) is 6.29. The molecule has 0 unspecified atom stereocenters. The Labute approximate surface area is 226 Å². The van der Waals surface area contributed by atoms with Crippen LogP contribution in [0.2, 0.25) is 0 Å². The van der Waals surface area contributed by atoms with Crippen molar-refractivity contribution in [3.8, 4) is 33.4 Å². The summed E-state index contributed by atoms with van der Waals surface area (Å²) in [5.41, 5.74) is 15.6. The number of fused-ring (bicyclic) bond motifs is 2. The molecule has 0 saturated heterocycles. The van der Waals surface area contributed by atoms with E-state index in [9.17, 15) is 0 Å². The molecule has 38 heavy (non-hydrogen) atoms. The maximum absolute atomic E-state index is 2.38. The predicted molar refractivity (Wildman–Crippen MR) is 166 cm³/mol. The monoisotopic (exact) mass is 490 g/mol. The lowest BCUT2D eigenvalue weighted by Gasteiger charge is -2.16. The fraction of sp³-hybridized carbons (Fsp3) is 0.158. The summed E-state index contributed by atoms with van der Waals surface area (Å²) in [6.07, 6.45) is 0. The Morgan fingerprint density at radius 2 is 0.763 bits per heavy atom. The van der Waals surface area contributed by atoms with Gasteiger partial charge in [-0.1, -0.05) is 96.1 Å². The largest absolute Gasteiger partial charge is 0.0610 e. The van der Waals surface area contributed by atoms with Gasteiger partial charge >= 0.3 is 0 Å². The molecule has 6 aromatic carbocycles. The second-order valence-corrected chi connectivity index (χ2v) is 11.0. The van der Waals surface area contributed by atoms with Crippen molar-refractivity contribution in [2.24, 2.45) is 0 Å². The molecule has 0 fully saturated rings. The first kappa shape index (κ1) is 24.2. The van der Waals surface area contributed by atoms with Crippen molar-refractivity contribution in [2.75, 3.05) is 0 Å². The maximum Gasteiger partial charge on any atom is -0.00758 e. The summed E-state index contributed by atoms with van der Waals surface area (Å²) in [5, 5.41) is 5.32. The van der Waals surface area contributed by atoms with Crippen LogP contribution in [0.5, 0.6) is 0 Å². The highest BCUT2D eigenvalue weighted by molar-refractivity contribution is 6.02. The van der Waals surface area contributed by atoms with E-state index >= 15 is 0 Å². The molecule has 0 amide bonds. The molecule has 0 N–H and O–H groups in total. The van der Waals surface area contributed by atoms with Crippen LogP contribution in [0.25, 0.3) is 54.9 Å². The average molecular weight is 491 g/mol. The standard InChI is InChI=1S/C38H34/c1-23-17-27(5)37-31(19-23)9-7-11-33(37)35-21-29(15-13-25(35)3)30-16-14-26(4)36(22-30)34-12-8-10-32-20-24(2)18-28(6)38(32)34/h7-22H,1-6H3. The molecule has 0 aromatic heterocycles. The van der Waals surface area contributed by atoms with Crippen molar-refractivity contribution in [2.45, 2.75) is 41.5 Å². The van der Waals surface area contributed by atoms with E-state index in [4.69, 9.17) is 0 Å². The van der Waals surface area contributed by atoms with Crippen LogP contribution in [0.15, 0.2) is 97.1 Å². The normalized spacial score (nSPS) is 11.4. The molecule has 6 rings (SSSR count). The third-order valence-corrected chi connectivity index (χ3v) is 8.03. The maximum atomic E-state index is 2.38. The van der Waals surface area contributed by atoms with E-state index in [2.05, 4.69) is 139 Å². The van der Waals surface area contributed by atoms with Crippen molar-refractivity contribution in [3.05, 3.63) is 130 Å². The second kappa shape index (κ2) is 9.30. The lowest BCUT2D eigenvalue weighted by atomic mass is 9.88. The van der Waals surface area contributed by atoms with Gasteiger partial charge in [0.1, 0.15) is 0 Å². The second-order valence-electron chi connectivity index (χ2n) is 11.0. The molecule has 0 nitrogen and oxygen atoms in total. The summed E-state index contributed by atoms with van der Waals surface area (Å²) in [7, 11) is 0. The molecule has 0 atom stereocenters. The Hall–Kier alpha value is -4.16. The summed E-state index contributed by atoms with van der Waals surface area (Å²) in [6, 6.07) is 36.5. The zero-order chi connectivity index (χ0) is 26.6. The number of benzene rings is 6. The van der Waals surface area contributed by atoms with Gasteiger partial charge in [-0.2, -0.15) is 0 Å². The smallest absolute Gasteiger partial charge is 0.00758 e. The van der Waals surface area contributed by atoms with Crippen LogP contribution >= 0.6 is 0 Å². The molecular weight excluding hydrogens is 456 g/mol. The molecule has 0 heterocycles. The van der Waals surface area contributed by atoms with Crippen LogP contribution in [-0.4, -0.2) is 0 Å². The third-order valence-electron chi connectivity index (χ3n) is 8.03. The Morgan fingerprint density at radius 3 is 1.18 bits per heavy atom. The fourth-order valence-electron chi connectivity index (χ4n) is 6.29. The van der Waals surface area contributed by atoms with Gasteiger partial charge in [-0.05, 0) is 131 Å². The van der Waals surface area contributed by atoms with Crippen LogP contribution < -0.4 is 0 Å². The van der Waals surface area contributed by atoms with E-state index in [1.165, 1.54) is 88.3 Å². The van der Waals surface area contributed by atoms with E-state index in [-0.39, 0.29) is 0 Å². The summed E-state index contributed by atoms with van der Waals surface area (Å²) in [6.45, 7) is 13.3. The SMILES string of the molecule is Cc1cc(C)c2c(-c3cc(-c4ccc(C)c(-c5cccc6cc(C)cc(C)c56)c4)ccc3C)cccc2c1. The summed E-state index contributed by atoms with van der Waals surface area (Å²) in [5.74, 6) is 0. The molecule has 0 aliphatic rings. The van der Waals surface area contributed by atoms with Gasteiger partial charge in [0.2, 0.25) is 0 Å². The minimum absolute atomic E-state index is 1.25. The van der Waals surface area contributed by atoms with Crippen LogP contribution in [0.3, 0.4) is 0 Å². The quantitative estimate of drug-likeness (QED) is 0.231. The number of hydrogen-bond donors (Lipinski definition) is 0. The topological polar surface area (TPSA) is 0 Å². The Morgan fingerprint density at radius 1 is 0.342 bits per heavy atom. The molecule has 0 spiro atoms. The number of aryl methyl sites for hydroxylation is 6. The van der Waals surface area contributed by atoms with Gasteiger partial charge < -0.3 is 0 Å². The van der Waals surface area contributed by atoms with Crippen molar-refractivity contribution in [1.82, 2.24) is 0 Å². The molecule has 0 aliphatic carbocycles. The Balaban J connectivity index is 1.53. The molecule has 6 aromatic rings. The Bertz CT molecular complexity index is 1730. The first-order chi connectivity index (χ1) is 18.3. The third kappa shape index (κ3) is 4.11. The number of hydrogen-bond acceptors (Lipinski definition) is 0. The molecular formula is C38H34. The molecule has 186 valence electrons. The first-order valence-electron chi connectivity index (χ1n) is 13.5. The molecule has 0 saturated carbocycles. The van der Waals surface area contributed by atoms with Crippen molar-refractivity contribution >= 4 is 21.5 Å². The van der Waals surface area contributed by atoms with E-state index in [1.807, 2.05) is 0 Å². The lowest BCUT2D eigenvalue weighted by molar-refractivity contribution is 1.41. The minimum Gasteiger partial charge on any atom is -0.0610 e. The zero-order valence-corrected chi connectivity index (χ0v) is 23.2. The van der Waals surface area contributed by atoms with Crippen LogP contribution in [0, 0.1) is 41.5 Å². The van der Waals surface area contributed by atoms with Gasteiger partial charge in [-0.25, -0.2) is 0 Å². The van der Waals surface area contributed by atoms with E-state index in [0.29, 0.717) is 0 Å². The van der Waals surface area contributed by atoms with Gasteiger partial charge in [0.05, 0.1) is 0 Å². The van der Waals surface area contributed by atoms with Gasteiger partial charge in [0.15, 0.2) is 0 Å². The molecule has 0 heteroatoms. The van der Waals surface area contributed by atoms with E-state index in [0.717, 1.165) is 0 Å². The summed E-state index contributed by atoms with van der Waals surface area (Å²) < 4.78 is 0. The highest BCUT2D eigenvalue weighted by atomic mass is 14.2. The van der Waals surface area contributed by atoms with Gasteiger partial charge in [-0.15, -0.1) is 0 Å². The van der Waals surface area contributed by atoms with Crippen molar-refractivity contribution in [1.29, 1.82) is 0 Å². The highest BCUT2D eigenvalue weighted by Crippen LogP contribution is 2.39. The van der Waals surface area contributed by atoms with E-state index in [1.54, 1.807) is 0 Å². The van der Waals surface area contributed by atoms with Crippen LogP contribution in [-0.2, 0) is 0 Å². The molecule has 0 bridgehead atoms. The summed E-state index contributed by atoms with van der Waals surface area (Å²) in [4.78, 5) is 0. The zero-order valence-electron chi connectivity index (χ0n) is 23.2. The first-order valence-corrected chi connectivity index (χ1v) is 13.5. The van der Waals surface area contributed by atoms with Gasteiger partial charge in [-0.3, -0.25) is 0 Å². The highest BCUT2D eigenvalue weighted by Gasteiger charge is 2.14. The average Bonchev–Trinajstić information content (AvgIpc) is 2.88. The van der Waals surface area contributed by atoms with Gasteiger partial charge in [0.25, 0.3) is 0 Å². The van der Waals surface area contributed by atoms with Crippen molar-refractivity contribution in [3.63, 3.8) is 0 Å². The van der Waals surface area contributed by atoms with Crippen LogP contribution in [0.4, 0.5) is 0 Å². The van der Waals surface area contributed by atoms with Crippen molar-refractivity contribution < 1.29 is 0 Å². The molecule has 0 radical (unpaired) electrons. The Kier molecular flexibility index (Phi) is 5.92. The number of rotatable bonds is 3. The van der Waals surface area contributed by atoms with Crippen LogP contribution in [0.1, 0.15) is 33.4 Å². The minimum atomic E-state index is 1.25. The lowest BCUT2D eigenvalue weighted by Crippen LogP contribution is -1.92.